The predicted molar refractivity (Wildman–Crippen MR) is 56.8 cm³/mol. The molecular weight excluding hydrogens is 243 g/mol. The average molecular weight is 262 g/mol. The largest absolute Gasteiger partial charge is 1.00 e. The molecule has 1 aliphatic heterocycles. The van der Waals surface area contributed by atoms with E-state index in [1.54, 1.807) is 0 Å². The average Bonchev–Trinajstić information content (AvgIpc) is 2.00. The van der Waals surface area contributed by atoms with E-state index in [4.69, 9.17) is 0 Å². The summed E-state index contributed by atoms with van der Waals surface area (Å²) in [5.74, 6) is 0. The molecular formula is C9H19BF3KN2. The van der Waals surface area contributed by atoms with Gasteiger partial charge in [-0.2, -0.15) is 0 Å². The Balaban J connectivity index is 0.00000225. The molecule has 0 bridgehead atoms. The van der Waals surface area contributed by atoms with Crippen molar-refractivity contribution in [2.75, 3.05) is 32.6 Å². The molecule has 16 heavy (non-hydrogen) atoms. The fourth-order valence-corrected chi connectivity index (χ4v) is 1.89. The first-order valence-corrected chi connectivity index (χ1v) is 5.37. The summed E-state index contributed by atoms with van der Waals surface area (Å²) in [6.07, 6.45) is -0.710. The number of nitrogens with zero attached hydrogens (tertiary/aromatic N) is 2. The molecule has 7 heteroatoms. The molecule has 1 heterocycles. The van der Waals surface area contributed by atoms with Crippen molar-refractivity contribution in [3.05, 3.63) is 0 Å². The van der Waals surface area contributed by atoms with Crippen LogP contribution in [0, 0.1) is 0 Å². The van der Waals surface area contributed by atoms with E-state index in [9.17, 15) is 12.9 Å². The van der Waals surface area contributed by atoms with Crippen molar-refractivity contribution in [3.8, 4) is 0 Å². The van der Waals surface area contributed by atoms with Crippen molar-refractivity contribution < 1.29 is 64.3 Å². The molecule has 0 aliphatic carbocycles. The van der Waals surface area contributed by atoms with Gasteiger partial charge >= 0.3 is 58.4 Å². The summed E-state index contributed by atoms with van der Waals surface area (Å²) in [5.41, 5.74) is 0.0649. The van der Waals surface area contributed by atoms with Crippen molar-refractivity contribution in [1.82, 2.24) is 9.80 Å². The number of rotatable bonds is 2. The van der Waals surface area contributed by atoms with Gasteiger partial charge in [0.05, 0.1) is 0 Å². The Kier molecular flexibility index (Phi) is 7.12. The minimum absolute atomic E-state index is 0. The normalized spacial score (nSPS) is 20.6. The van der Waals surface area contributed by atoms with Crippen LogP contribution in [0.15, 0.2) is 0 Å². The molecule has 0 atom stereocenters. The van der Waals surface area contributed by atoms with Crippen LogP contribution in [0.5, 0.6) is 0 Å². The zero-order valence-electron chi connectivity index (χ0n) is 10.6. The monoisotopic (exact) mass is 262 g/mol. The minimum atomic E-state index is -4.67. The van der Waals surface area contributed by atoms with E-state index >= 15 is 0 Å². The number of hydrogen-bond donors (Lipinski definition) is 0. The third-order valence-electron chi connectivity index (χ3n) is 2.79. The summed E-state index contributed by atoms with van der Waals surface area (Å²) in [4.78, 5) is 3.73. The van der Waals surface area contributed by atoms with Gasteiger partial charge in [0, 0.05) is 31.7 Å². The second-order valence-electron chi connectivity index (χ2n) is 5.17. The molecule has 0 N–H and O–H groups in total. The van der Waals surface area contributed by atoms with Gasteiger partial charge in [0.1, 0.15) is 0 Å². The van der Waals surface area contributed by atoms with Gasteiger partial charge in [0.25, 0.3) is 0 Å². The summed E-state index contributed by atoms with van der Waals surface area (Å²) in [6, 6.07) is 0. The van der Waals surface area contributed by atoms with Crippen LogP contribution < -0.4 is 51.4 Å². The van der Waals surface area contributed by atoms with Crippen LogP contribution in [0.1, 0.15) is 20.8 Å². The van der Waals surface area contributed by atoms with Crippen molar-refractivity contribution in [3.63, 3.8) is 0 Å². The molecule has 0 aromatic rings. The van der Waals surface area contributed by atoms with Gasteiger partial charge in [-0.3, -0.25) is 4.90 Å². The van der Waals surface area contributed by atoms with E-state index in [1.165, 1.54) is 4.90 Å². The first-order chi connectivity index (χ1) is 6.68. The topological polar surface area (TPSA) is 6.48 Å². The van der Waals surface area contributed by atoms with Crippen molar-refractivity contribution in [2.24, 2.45) is 0 Å². The third kappa shape index (κ3) is 6.37. The fraction of sp³-hybridized carbons (Fsp3) is 1.00. The second kappa shape index (κ2) is 6.54. The quantitative estimate of drug-likeness (QED) is 0.576. The Morgan fingerprint density at radius 1 is 1.00 bits per heavy atom. The number of hydrogen-bond acceptors (Lipinski definition) is 2. The van der Waals surface area contributed by atoms with Gasteiger partial charge < -0.3 is 17.8 Å². The molecule has 0 radical (unpaired) electrons. The van der Waals surface area contributed by atoms with Crippen molar-refractivity contribution in [2.45, 2.75) is 26.3 Å². The van der Waals surface area contributed by atoms with Gasteiger partial charge in [0.15, 0.2) is 0 Å². The summed E-state index contributed by atoms with van der Waals surface area (Å²) in [5, 5.41) is 0. The first-order valence-electron chi connectivity index (χ1n) is 5.37. The van der Waals surface area contributed by atoms with Gasteiger partial charge in [-0.15, -0.1) is 0 Å². The van der Waals surface area contributed by atoms with E-state index in [1.807, 2.05) is 0 Å². The van der Waals surface area contributed by atoms with Crippen LogP contribution >= 0.6 is 0 Å². The molecule has 0 spiro atoms. The van der Waals surface area contributed by atoms with Gasteiger partial charge in [0.2, 0.25) is 0 Å². The van der Waals surface area contributed by atoms with Crippen molar-refractivity contribution in [1.29, 1.82) is 0 Å². The summed E-state index contributed by atoms with van der Waals surface area (Å²) in [7, 11) is 0. The smallest absolute Gasteiger partial charge is 0.448 e. The fourth-order valence-electron chi connectivity index (χ4n) is 1.89. The second-order valence-corrected chi connectivity index (χ2v) is 5.17. The molecule has 0 aromatic carbocycles. The molecule has 1 rings (SSSR count). The Bertz CT molecular complexity index is 210. The number of halogens is 3. The van der Waals surface area contributed by atoms with Crippen LogP contribution in [0.2, 0.25) is 0 Å². The Morgan fingerprint density at radius 2 is 1.44 bits per heavy atom. The SMILES string of the molecule is CC(C)(C)N1CCN(C[B-](F)(F)F)CC1.[K+]. The molecule has 0 saturated carbocycles. The molecule has 0 unspecified atom stereocenters. The zero-order chi connectivity index (χ0) is 11.7. The minimum Gasteiger partial charge on any atom is -0.448 e. The molecule has 90 valence electrons. The maximum atomic E-state index is 12.2. The van der Waals surface area contributed by atoms with Crippen LogP contribution in [0.4, 0.5) is 12.9 Å². The number of piperazine rings is 1. The van der Waals surface area contributed by atoms with Gasteiger partial charge in [-0.25, -0.2) is 0 Å². The Hall–Kier alpha value is 1.41. The predicted octanol–water partition coefficient (Wildman–Crippen LogP) is -1.21. The van der Waals surface area contributed by atoms with E-state index in [0.29, 0.717) is 13.1 Å². The van der Waals surface area contributed by atoms with Crippen LogP contribution in [-0.4, -0.2) is 54.9 Å². The summed E-state index contributed by atoms with van der Waals surface area (Å²) in [6.45, 7) is 4.13. The molecule has 0 aromatic heterocycles. The van der Waals surface area contributed by atoms with E-state index < -0.39 is 13.4 Å². The molecule has 2 nitrogen and oxygen atoms in total. The molecule has 1 aliphatic rings. The Morgan fingerprint density at radius 3 is 1.75 bits per heavy atom. The van der Waals surface area contributed by atoms with E-state index in [-0.39, 0.29) is 56.9 Å². The van der Waals surface area contributed by atoms with Crippen molar-refractivity contribution >= 4 is 6.98 Å². The molecule has 1 fully saturated rings. The van der Waals surface area contributed by atoms with Gasteiger partial charge in [-0.05, 0) is 27.2 Å². The summed E-state index contributed by atoms with van der Waals surface area (Å²) >= 11 is 0. The summed E-state index contributed by atoms with van der Waals surface area (Å²) < 4.78 is 36.5. The first kappa shape index (κ1) is 17.4. The zero-order valence-corrected chi connectivity index (χ0v) is 13.8. The van der Waals surface area contributed by atoms with E-state index in [0.717, 1.165) is 13.1 Å². The van der Waals surface area contributed by atoms with Crippen LogP contribution in [0.25, 0.3) is 0 Å². The van der Waals surface area contributed by atoms with Crippen LogP contribution in [-0.2, 0) is 0 Å². The molecule has 1 saturated heterocycles. The van der Waals surface area contributed by atoms with E-state index in [2.05, 4.69) is 25.7 Å². The third-order valence-corrected chi connectivity index (χ3v) is 2.79. The maximum Gasteiger partial charge on any atom is 1.00 e. The van der Waals surface area contributed by atoms with Gasteiger partial charge in [-0.1, -0.05) is 0 Å². The standard InChI is InChI=1S/C9H19BF3N2.K/c1-9(2,3)15-6-4-14(5-7-15)8-10(11,12)13;/h4-8H2,1-3H3;/q-1;+1. The molecule has 0 amide bonds. The Labute approximate surface area is 138 Å². The maximum absolute atomic E-state index is 12.2. The van der Waals surface area contributed by atoms with Crippen LogP contribution in [0.3, 0.4) is 0 Å².